The molecule has 0 amide bonds. The van der Waals surface area contributed by atoms with Gasteiger partial charge < -0.3 is 5.73 Å². The van der Waals surface area contributed by atoms with Crippen molar-refractivity contribution < 1.29 is 9.72 Å². The summed E-state index contributed by atoms with van der Waals surface area (Å²) in [5.41, 5.74) is 9.78. The number of carbonyl (C=O) groups is 1. The Morgan fingerprint density at radius 2 is 2.00 bits per heavy atom. The first kappa shape index (κ1) is 20.6. The number of nitro benzene ring substituents is 1. The summed E-state index contributed by atoms with van der Waals surface area (Å²) in [5, 5.41) is 21.9. The van der Waals surface area contributed by atoms with Gasteiger partial charge in [-0.15, -0.1) is 0 Å². The number of ketones is 1. The van der Waals surface area contributed by atoms with Crippen LogP contribution in [0.4, 0.5) is 11.4 Å². The monoisotopic (exact) mass is 434 g/mol. The zero-order chi connectivity index (χ0) is 22.3. The number of nitriles is 1. The maximum atomic E-state index is 13.1. The molecule has 0 saturated heterocycles. The molecule has 1 heterocycles. The van der Waals surface area contributed by atoms with E-state index in [0.717, 1.165) is 11.3 Å². The number of allylic oxidation sites excluding steroid dienone is 3. The molecular weight excluding hydrogens is 416 g/mol. The van der Waals surface area contributed by atoms with Gasteiger partial charge >= 0.3 is 0 Å². The predicted octanol–water partition coefficient (Wildman–Crippen LogP) is 4.86. The van der Waals surface area contributed by atoms with Crippen LogP contribution in [0.15, 0.2) is 65.1 Å². The lowest BCUT2D eigenvalue weighted by molar-refractivity contribution is -0.384. The second kappa shape index (κ2) is 7.89. The molecule has 1 aliphatic heterocycles. The summed E-state index contributed by atoms with van der Waals surface area (Å²) in [6.07, 6.45) is 1.60. The van der Waals surface area contributed by atoms with Crippen LogP contribution in [0.25, 0.3) is 0 Å². The molecular formula is C23H19ClN4O3. The van der Waals surface area contributed by atoms with Crippen molar-refractivity contribution in [2.45, 2.75) is 32.1 Å². The van der Waals surface area contributed by atoms with E-state index in [2.05, 4.69) is 6.07 Å². The van der Waals surface area contributed by atoms with Crippen molar-refractivity contribution >= 4 is 28.8 Å². The van der Waals surface area contributed by atoms with E-state index in [4.69, 9.17) is 17.3 Å². The van der Waals surface area contributed by atoms with Crippen molar-refractivity contribution in [1.82, 2.24) is 0 Å². The minimum Gasteiger partial charge on any atom is -0.384 e. The molecule has 31 heavy (non-hydrogen) atoms. The highest BCUT2D eigenvalue weighted by Crippen LogP contribution is 2.47. The highest BCUT2D eigenvalue weighted by atomic mass is 35.5. The Balaban J connectivity index is 2.00. The number of halogens is 1. The number of rotatable bonds is 3. The first-order chi connectivity index (χ1) is 14.8. The normalized spacial score (nSPS) is 18.7. The van der Waals surface area contributed by atoms with Crippen LogP contribution >= 0.6 is 11.6 Å². The van der Waals surface area contributed by atoms with Gasteiger partial charge in [-0.25, -0.2) is 0 Å². The van der Waals surface area contributed by atoms with E-state index >= 15 is 0 Å². The first-order valence-electron chi connectivity index (χ1n) is 9.80. The fourth-order valence-corrected chi connectivity index (χ4v) is 4.52. The molecule has 1 atom stereocenters. The highest BCUT2D eigenvalue weighted by molar-refractivity contribution is 6.31. The van der Waals surface area contributed by atoms with E-state index in [1.54, 1.807) is 29.2 Å². The molecule has 0 fully saturated rings. The molecule has 0 aromatic heterocycles. The van der Waals surface area contributed by atoms with Crippen molar-refractivity contribution in [3.63, 3.8) is 0 Å². The Morgan fingerprint density at radius 1 is 1.26 bits per heavy atom. The third kappa shape index (κ3) is 3.35. The van der Waals surface area contributed by atoms with E-state index in [9.17, 15) is 20.2 Å². The van der Waals surface area contributed by atoms with Crippen molar-refractivity contribution in [1.29, 1.82) is 5.26 Å². The summed E-state index contributed by atoms with van der Waals surface area (Å²) >= 11 is 6.33. The Hall–Kier alpha value is -3.63. The zero-order valence-electron chi connectivity index (χ0n) is 16.8. The van der Waals surface area contributed by atoms with Crippen molar-refractivity contribution in [2.75, 3.05) is 4.90 Å². The van der Waals surface area contributed by atoms with Crippen LogP contribution in [-0.2, 0) is 4.79 Å². The van der Waals surface area contributed by atoms with E-state index < -0.39 is 10.8 Å². The molecule has 2 N–H and O–H groups in total. The third-order valence-electron chi connectivity index (χ3n) is 5.81. The SMILES string of the molecule is Cc1c(Cl)cccc1N1C(N)=C(C#N)[C@H](c2cccc([N+](=O)[O-])c2)C2=C1CCCC2=O. The van der Waals surface area contributed by atoms with Gasteiger partial charge in [0, 0.05) is 34.8 Å². The van der Waals surface area contributed by atoms with Gasteiger partial charge in [0.1, 0.15) is 5.82 Å². The summed E-state index contributed by atoms with van der Waals surface area (Å²) in [4.78, 5) is 25.7. The number of nitro groups is 1. The topological polar surface area (TPSA) is 113 Å². The standard InChI is InChI=1S/C23H19ClN4O3/c1-13-17(24)7-3-8-18(13)27-19-9-4-10-20(29)22(19)21(16(12-25)23(27)26)14-5-2-6-15(11-14)28(30)31/h2-3,5-8,11,21H,4,9-10,26H2,1H3/t21-/m0/s1. The Morgan fingerprint density at radius 3 is 2.71 bits per heavy atom. The Bertz CT molecular complexity index is 1230. The molecule has 8 heteroatoms. The fraction of sp³-hybridized carbons (Fsp3) is 0.217. The smallest absolute Gasteiger partial charge is 0.269 e. The zero-order valence-corrected chi connectivity index (χ0v) is 17.5. The average Bonchev–Trinajstić information content (AvgIpc) is 2.75. The molecule has 2 aliphatic rings. The van der Waals surface area contributed by atoms with Crippen molar-refractivity contribution in [3.05, 3.63) is 91.4 Å². The molecule has 0 bridgehead atoms. The number of carbonyl (C=O) groups excluding carboxylic acids is 1. The van der Waals surface area contributed by atoms with E-state index in [1.807, 2.05) is 13.0 Å². The molecule has 2 aromatic carbocycles. The molecule has 0 radical (unpaired) electrons. The quantitative estimate of drug-likeness (QED) is 0.545. The lowest BCUT2D eigenvalue weighted by Crippen LogP contribution is -2.39. The third-order valence-corrected chi connectivity index (χ3v) is 6.22. The molecule has 0 spiro atoms. The van der Waals surface area contributed by atoms with Gasteiger partial charge in [0.2, 0.25) is 0 Å². The lowest BCUT2D eigenvalue weighted by atomic mass is 9.75. The van der Waals surface area contributed by atoms with Crippen molar-refractivity contribution in [3.8, 4) is 6.07 Å². The number of benzene rings is 2. The van der Waals surface area contributed by atoms with Gasteiger partial charge in [0.15, 0.2) is 5.78 Å². The van der Waals surface area contributed by atoms with Gasteiger partial charge in [0.25, 0.3) is 5.69 Å². The number of nitrogens with two attached hydrogens (primary N) is 1. The molecule has 0 saturated carbocycles. The predicted molar refractivity (Wildman–Crippen MR) is 117 cm³/mol. The molecule has 4 rings (SSSR count). The van der Waals surface area contributed by atoms with Crippen LogP contribution in [0.3, 0.4) is 0 Å². The van der Waals surface area contributed by atoms with Gasteiger partial charge in [-0.3, -0.25) is 19.8 Å². The number of nitrogens with zero attached hydrogens (tertiary/aromatic N) is 3. The number of hydrogen-bond acceptors (Lipinski definition) is 6. The molecule has 2 aromatic rings. The van der Waals surface area contributed by atoms with E-state index in [1.165, 1.54) is 12.1 Å². The summed E-state index contributed by atoms with van der Waals surface area (Å²) in [5.74, 6) is -0.621. The van der Waals surface area contributed by atoms with Gasteiger partial charge in [0.05, 0.1) is 28.2 Å². The second-order valence-corrected chi connectivity index (χ2v) is 7.96. The maximum absolute atomic E-state index is 13.1. The summed E-state index contributed by atoms with van der Waals surface area (Å²) in [6.45, 7) is 1.86. The Labute approximate surface area is 184 Å². The lowest BCUT2D eigenvalue weighted by Gasteiger charge is -2.40. The molecule has 0 unspecified atom stereocenters. The molecule has 1 aliphatic carbocycles. The van der Waals surface area contributed by atoms with Crippen molar-refractivity contribution in [2.24, 2.45) is 5.73 Å². The minimum absolute atomic E-state index is 0.0808. The maximum Gasteiger partial charge on any atom is 0.269 e. The highest BCUT2D eigenvalue weighted by Gasteiger charge is 2.41. The van der Waals surface area contributed by atoms with E-state index in [0.29, 0.717) is 41.1 Å². The Kier molecular flexibility index (Phi) is 5.25. The van der Waals surface area contributed by atoms with Crippen LogP contribution in [-0.4, -0.2) is 10.7 Å². The van der Waals surface area contributed by atoms with Crippen LogP contribution in [0.2, 0.25) is 5.02 Å². The minimum atomic E-state index is -0.747. The number of hydrogen-bond donors (Lipinski definition) is 1. The summed E-state index contributed by atoms with van der Waals surface area (Å²) in [6, 6.07) is 13.6. The molecule has 7 nitrogen and oxygen atoms in total. The summed E-state index contributed by atoms with van der Waals surface area (Å²) in [7, 11) is 0. The van der Waals surface area contributed by atoms with Gasteiger partial charge in [-0.05, 0) is 43.0 Å². The number of non-ortho nitro benzene ring substituents is 1. The van der Waals surface area contributed by atoms with E-state index in [-0.39, 0.29) is 22.9 Å². The largest absolute Gasteiger partial charge is 0.384 e. The van der Waals surface area contributed by atoms with Gasteiger partial charge in [-0.2, -0.15) is 5.26 Å². The van der Waals surface area contributed by atoms with Crippen LogP contribution in [0.5, 0.6) is 0 Å². The first-order valence-corrected chi connectivity index (χ1v) is 10.2. The second-order valence-electron chi connectivity index (χ2n) is 7.55. The average molecular weight is 435 g/mol. The number of Topliss-reactive ketones (excluding diaryl/α,β-unsaturated/α-hetero) is 1. The van der Waals surface area contributed by atoms with Crippen LogP contribution in [0, 0.1) is 28.4 Å². The summed E-state index contributed by atoms with van der Waals surface area (Å²) < 4.78 is 0. The number of anilines is 1. The fourth-order valence-electron chi connectivity index (χ4n) is 4.35. The van der Waals surface area contributed by atoms with Gasteiger partial charge in [-0.1, -0.05) is 29.8 Å². The van der Waals surface area contributed by atoms with Crippen LogP contribution in [0.1, 0.15) is 36.3 Å². The molecule has 156 valence electrons. The van der Waals surface area contributed by atoms with Crippen LogP contribution < -0.4 is 10.6 Å².